The molecule has 1 fully saturated rings. The van der Waals surface area contributed by atoms with E-state index in [1.807, 2.05) is 26.0 Å². The summed E-state index contributed by atoms with van der Waals surface area (Å²) >= 11 is 13.1. The molecule has 3 aromatic rings. The first-order valence-electron chi connectivity index (χ1n) is 9.28. The third-order valence-corrected chi connectivity index (χ3v) is 6.58. The Kier molecular flexibility index (Phi) is 5.77. The Balaban J connectivity index is 1.47. The normalized spacial score (nSPS) is 16.2. The Morgan fingerprint density at radius 3 is 2.53 bits per heavy atom. The lowest BCUT2D eigenvalue weighted by Gasteiger charge is -2.17. The lowest BCUT2D eigenvalue weighted by Crippen LogP contribution is -2.24. The van der Waals surface area contributed by atoms with Crippen LogP contribution < -0.4 is 10.2 Å². The van der Waals surface area contributed by atoms with Crippen LogP contribution in [0, 0.1) is 13.8 Å². The highest BCUT2D eigenvalue weighted by molar-refractivity contribution is 7.15. The smallest absolute Gasteiger partial charge is 0.257 e. The van der Waals surface area contributed by atoms with Crippen LogP contribution in [0.15, 0.2) is 36.4 Å². The van der Waals surface area contributed by atoms with Crippen LogP contribution in [0.4, 0.5) is 10.8 Å². The molecule has 6 nitrogen and oxygen atoms in total. The molecule has 0 radical (unpaired) electrons. The second kappa shape index (κ2) is 8.34. The van der Waals surface area contributed by atoms with Crippen molar-refractivity contribution in [2.75, 3.05) is 16.8 Å². The van der Waals surface area contributed by atoms with E-state index in [2.05, 4.69) is 21.6 Å². The van der Waals surface area contributed by atoms with Gasteiger partial charge in [-0.05, 0) is 55.3 Å². The summed E-state index contributed by atoms with van der Waals surface area (Å²) < 4.78 is 0. The molecular formula is C21H18Cl2N4O2S. The minimum Gasteiger partial charge on any atom is -0.312 e. The Bertz CT molecular complexity index is 1130. The predicted octanol–water partition coefficient (Wildman–Crippen LogP) is 5.23. The summed E-state index contributed by atoms with van der Waals surface area (Å²) in [6, 6.07) is 10.7. The van der Waals surface area contributed by atoms with Gasteiger partial charge >= 0.3 is 0 Å². The summed E-state index contributed by atoms with van der Waals surface area (Å²) in [6.07, 6.45) is 0.363. The Morgan fingerprint density at radius 1 is 1.10 bits per heavy atom. The van der Waals surface area contributed by atoms with E-state index in [0.29, 0.717) is 33.7 Å². The van der Waals surface area contributed by atoms with Crippen LogP contribution in [0.25, 0.3) is 0 Å². The molecule has 0 saturated carbocycles. The number of carbonyl (C=O) groups excluding carboxylic acids is 2. The third-order valence-electron chi connectivity index (χ3n) is 4.84. The lowest BCUT2D eigenvalue weighted by molar-refractivity contribution is -0.117. The molecule has 2 heterocycles. The van der Waals surface area contributed by atoms with Crippen molar-refractivity contribution in [3.63, 3.8) is 0 Å². The SMILES string of the molecule is Cc1cc(C)cc(N2CC(c3nnc(NC(=O)c4ccc(Cl)c(Cl)c4)s3)CC2=O)c1. The second-order valence-corrected chi connectivity index (χ2v) is 9.10. The van der Waals surface area contributed by atoms with E-state index in [-0.39, 0.29) is 17.7 Å². The van der Waals surface area contributed by atoms with Gasteiger partial charge in [0.05, 0.1) is 10.0 Å². The molecule has 9 heteroatoms. The number of carbonyl (C=O) groups is 2. The van der Waals surface area contributed by atoms with E-state index in [1.165, 1.54) is 17.4 Å². The summed E-state index contributed by atoms with van der Waals surface area (Å²) in [5, 5.41) is 12.8. The monoisotopic (exact) mass is 460 g/mol. The number of amides is 2. The van der Waals surface area contributed by atoms with E-state index in [1.54, 1.807) is 17.0 Å². The molecular weight excluding hydrogens is 443 g/mol. The van der Waals surface area contributed by atoms with Gasteiger partial charge in [-0.2, -0.15) is 0 Å². The quantitative estimate of drug-likeness (QED) is 0.577. The maximum Gasteiger partial charge on any atom is 0.257 e. The van der Waals surface area contributed by atoms with Crippen molar-refractivity contribution in [1.82, 2.24) is 10.2 Å². The number of aryl methyl sites for hydroxylation is 2. The summed E-state index contributed by atoms with van der Waals surface area (Å²) in [6.45, 7) is 4.57. The third kappa shape index (κ3) is 4.33. The molecule has 0 spiro atoms. The van der Waals surface area contributed by atoms with Gasteiger partial charge in [0.1, 0.15) is 5.01 Å². The van der Waals surface area contributed by atoms with Crippen molar-refractivity contribution < 1.29 is 9.59 Å². The summed E-state index contributed by atoms with van der Waals surface area (Å²) in [5.74, 6) is -0.358. The maximum atomic E-state index is 12.6. The van der Waals surface area contributed by atoms with Crippen LogP contribution in [0.1, 0.15) is 38.8 Å². The minimum atomic E-state index is -0.351. The van der Waals surface area contributed by atoms with Crippen molar-refractivity contribution >= 4 is 57.2 Å². The van der Waals surface area contributed by atoms with Crippen molar-refractivity contribution in [2.24, 2.45) is 0 Å². The number of aromatic nitrogens is 2. The molecule has 0 aliphatic carbocycles. The fourth-order valence-electron chi connectivity index (χ4n) is 3.49. The maximum absolute atomic E-state index is 12.6. The van der Waals surface area contributed by atoms with Crippen LogP contribution in [0.5, 0.6) is 0 Å². The van der Waals surface area contributed by atoms with Gasteiger partial charge in [0.2, 0.25) is 11.0 Å². The molecule has 0 bridgehead atoms. The zero-order valence-corrected chi connectivity index (χ0v) is 18.6. The first-order chi connectivity index (χ1) is 14.3. The molecule has 2 aromatic carbocycles. The van der Waals surface area contributed by atoms with Crippen LogP contribution >= 0.6 is 34.5 Å². The van der Waals surface area contributed by atoms with E-state index < -0.39 is 0 Å². The minimum absolute atomic E-state index is 0.0570. The molecule has 30 heavy (non-hydrogen) atoms. The molecule has 1 aliphatic rings. The first-order valence-corrected chi connectivity index (χ1v) is 10.9. The highest BCUT2D eigenvalue weighted by Crippen LogP contribution is 2.35. The highest BCUT2D eigenvalue weighted by Gasteiger charge is 2.34. The first kappa shape index (κ1) is 20.8. The number of hydrogen-bond donors (Lipinski definition) is 1. The lowest BCUT2D eigenvalue weighted by atomic mass is 10.1. The molecule has 1 saturated heterocycles. The van der Waals surface area contributed by atoms with E-state index in [9.17, 15) is 9.59 Å². The van der Waals surface area contributed by atoms with Crippen molar-refractivity contribution in [2.45, 2.75) is 26.2 Å². The fourth-order valence-corrected chi connectivity index (χ4v) is 4.61. The van der Waals surface area contributed by atoms with Crippen LogP contribution in [-0.4, -0.2) is 28.6 Å². The topological polar surface area (TPSA) is 75.2 Å². The summed E-state index contributed by atoms with van der Waals surface area (Å²) in [5.41, 5.74) is 3.50. The van der Waals surface area contributed by atoms with E-state index >= 15 is 0 Å². The number of nitrogens with zero attached hydrogens (tertiary/aromatic N) is 3. The van der Waals surface area contributed by atoms with Gasteiger partial charge in [-0.1, -0.05) is 40.6 Å². The molecule has 1 unspecified atom stereocenters. The van der Waals surface area contributed by atoms with Gasteiger partial charge in [0.25, 0.3) is 5.91 Å². The average molecular weight is 461 g/mol. The number of benzene rings is 2. The number of anilines is 2. The number of hydrogen-bond acceptors (Lipinski definition) is 5. The van der Waals surface area contributed by atoms with Gasteiger partial charge in [-0.15, -0.1) is 10.2 Å². The molecule has 1 N–H and O–H groups in total. The molecule has 4 rings (SSSR count). The van der Waals surface area contributed by atoms with Crippen molar-refractivity contribution in [3.05, 3.63) is 68.1 Å². The van der Waals surface area contributed by atoms with Gasteiger partial charge in [0, 0.05) is 30.1 Å². The van der Waals surface area contributed by atoms with Crippen LogP contribution in [-0.2, 0) is 4.79 Å². The standard InChI is InChI=1S/C21H18Cl2N4O2S/c1-11-5-12(2)7-15(6-11)27-10-14(9-18(27)28)20-25-26-21(30-20)24-19(29)13-3-4-16(22)17(23)8-13/h3-8,14H,9-10H2,1-2H3,(H,24,26,29). The Morgan fingerprint density at radius 2 is 1.83 bits per heavy atom. The van der Waals surface area contributed by atoms with Crippen LogP contribution in [0.2, 0.25) is 10.0 Å². The highest BCUT2D eigenvalue weighted by atomic mass is 35.5. The molecule has 1 atom stereocenters. The predicted molar refractivity (Wildman–Crippen MR) is 120 cm³/mol. The number of halogens is 2. The van der Waals surface area contributed by atoms with Gasteiger partial charge < -0.3 is 4.90 Å². The zero-order valence-electron chi connectivity index (χ0n) is 16.3. The average Bonchev–Trinajstić information content (AvgIpc) is 3.29. The van der Waals surface area contributed by atoms with Crippen LogP contribution in [0.3, 0.4) is 0 Å². The Labute approximate surface area is 187 Å². The molecule has 1 aliphatic heterocycles. The molecule has 2 amide bonds. The van der Waals surface area contributed by atoms with E-state index in [4.69, 9.17) is 23.2 Å². The number of rotatable bonds is 4. The van der Waals surface area contributed by atoms with Gasteiger partial charge in [-0.25, -0.2) is 0 Å². The fraction of sp³-hybridized carbons (Fsp3) is 0.238. The summed E-state index contributed by atoms with van der Waals surface area (Å²) in [7, 11) is 0. The second-order valence-electron chi connectivity index (χ2n) is 7.28. The van der Waals surface area contributed by atoms with Gasteiger partial charge in [-0.3, -0.25) is 14.9 Å². The Hall–Kier alpha value is -2.48. The van der Waals surface area contributed by atoms with Crippen molar-refractivity contribution in [3.8, 4) is 0 Å². The summed E-state index contributed by atoms with van der Waals surface area (Å²) in [4.78, 5) is 26.8. The number of nitrogens with one attached hydrogen (secondary N) is 1. The largest absolute Gasteiger partial charge is 0.312 e. The van der Waals surface area contributed by atoms with Gasteiger partial charge in [0.15, 0.2) is 0 Å². The molecule has 1 aromatic heterocycles. The van der Waals surface area contributed by atoms with Crippen molar-refractivity contribution in [1.29, 1.82) is 0 Å². The van der Waals surface area contributed by atoms with E-state index in [0.717, 1.165) is 21.8 Å². The molecule has 154 valence electrons. The zero-order chi connectivity index (χ0) is 21.4.